The van der Waals surface area contributed by atoms with Gasteiger partial charge < -0.3 is 10.1 Å². The van der Waals surface area contributed by atoms with E-state index >= 15 is 0 Å². The number of cyclic esters (lactones) is 1. The molecule has 1 aliphatic heterocycles. The molecule has 1 fully saturated rings. The maximum atomic E-state index is 11.7. The van der Waals surface area contributed by atoms with Crippen LogP contribution in [-0.2, 0) is 14.3 Å². The van der Waals surface area contributed by atoms with Crippen molar-refractivity contribution in [1.82, 2.24) is 5.32 Å². The molecule has 0 aliphatic carbocycles. The van der Waals surface area contributed by atoms with E-state index in [9.17, 15) is 9.59 Å². The van der Waals surface area contributed by atoms with Gasteiger partial charge in [0.25, 0.3) is 0 Å². The van der Waals surface area contributed by atoms with Crippen molar-refractivity contribution in [2.75, 3.05) is 12.4 Å². The number of carbonyl (C=O) groups excluding carboxylic acids is 2. The molecule has 0 aromatic heterocycles. The van der Waals surface area contributed by atoms with Crippen LogP contribution in [0.5, 0.6) is 0 Å². The van der Waals surface area contributed by atoms with E-state index in [4.69, 9.17) is 17.0 Å². The molecule has 1 amide bonds. The number of benzene rings is 1. The smallest absolute Gasteiger partial charge is 0.328 e. The summed E-state index contributed by atoms with van der Waals surface area (Å²) in [5.74, 6) is -0.353. The number of thioether (sulfide) groups is 1. The summed E-state index contributed by atoms with van der Waals surface area (Å²) in [6, 6.07) is 9.02. The standard InChI is InChI=1S/C13H13NO3S2/c15-11(14-10-6-7-17-12(10)16)8-19-13(18)9-4-2-1-3-5-9/h1-5,10H,6-8H2,(H,14,15)/t10-/m0/s1. The lowest BCUT2D eigenvalue weighted by molar-refractivity contribution is -0.141. The summed E-state index contributed by atoms with van der Waals surface area (Å²) in [5.41, 5.74) is 0.926. The first-order chi connectivity index (χ1) is 9.16. The van der Waals surface area contributed by atoms with Crippen molar-refractivity contribution < 1.29 is 14.3 Å². The Balaban J connectivity index is 1.77. The van der Waals surface area contributed by atoms with Crippen LogP contribution < -0.4 is 5.32 Å². The van der Waals surface area contributed by atoms with Crippen molar-refractivity contribution in [2.45, 2.75) is 12.5 Å². The van der Waals surface area contributed by atoms with Crippen molar-refractivity contribution in [1.29, 1.82) is 0 Å². The van der Waals surface area contributed by atoms with E-state index in [0.29, 0.717) is 17.2 Å². The molecule has 1 aliphatic rings. The molecule has 0 unspecified atom stereocenters. The second-order valence-corrected chi connectivity index (χ2v) is 5.67. The van der Waals surface area contributed by atoms with E-state index in [-0.39, 0.29) is 17.6 Å². The second kappa shape index (κ2) is 6.68. The molecule has 2 rings (SSSR count). The van der Waals surface area contributed by atoms with E-state index in [1.54, 1.807) is 0 Å². The van der Waals surface area contributed by atoms with Gasteiger partial charge in [-0.3, -0.25) is 4.79 Å². The number of carbonyl (C=O) groups is 2. The molecule has 0 saturated carbocycles. The van der Waals surface area contributed by atoms with Crippen molar-refractivity contribution in [3.05, 3.63) is 35.9 Å². The highest BCUT2D eigenvalue weighted by Crippen LogP contribution is 2.14. The van der Waals surface area contributed by atoms with Crippen LogP contribution in [0.1, 0.15) is 12.0 Å². The third-order valence-electron chi connectivity index (χ3n) is 2.61. The molecule has 1 atom stereocenters. The second-order valence-electron chi connectivity index (χ2n) is 4.02. The zero-order valence-corrected chi connectivity index (χ0v) is 11.8. The number of rotatable bonds is 4. The average Bonchev–Trinajstić information content (AvgIpc) is 2.82. The Hall–Kier alpha value is -1.40. The molecule has 0 bridgehead atoms. The van der Waals surface area contributed by atoms with Gasteiger partial charge in [0.2, 0.25) is 5.91 Å². The zero-order valence-electron chi connectivity index (χ0n) is 10.1. The summed E-state index contributed by atoms with van der Waals surface area (Å²) in [4.78, 5) is 22.9. The lowest BCUT2D eigenvalue weighted by Gasteiger charge is -2.08. The van der Waals surface area contributed by atoms with Gasteiger partial charge in [-0.25, -0.2) is 4.79 Å². The lowest BCUT2D eigenvalue weighted by atomic mass is 10.2. The number of hydrogen-bond acceptors (Lipinski definition) is 5. The number of thiocarbonyl (C=S) groups is 1. The average molecular weight is 295 g/mol. The van der Waals surface area contributed by atoms with Gasteiger partial charge in [-0.15, -0.1) is 11.8 Å². The minimum atomic E-state index is -0.501. The molecule has 19 heavy (non-hydrogen) atoms. The summed E-state index contributed by atoms with van der Waals surface area (Å²) in [6.07, 6.45) is 0.540. The highest BCUT2D eigenvalue weighted by molar-refractivity contribution is 8.24. The summed E-state index contributed by atoms with van der Waals surface area (Å²) in [5, 5.41) is 2.64. The van der Waals surface area contributed by atoms with E-state index in [2.05, 4.69) is 5.32 Å². The monoisotopic (exact) mass is 295 g/mol. The number of esters is 1. The van der Waals surface area contributed by atoms with Crippen LogP contribution in [0, 0.1) is 0 Å². The Bertz CT molecular complexity index is 490. The molecular formula is C13H13NO3S2. The maximum Gasteiger partial charge on any atom is 0.328 e. The largest absolute Gasteiger partial charge is 0.464 e. The van der Waals surface area contributed by atoms with Crippen molar-refractivity contribution >= 4 is 40.1 Å². The van der Waals surface area contributed by atoms with E-state index < -0.39 is 6.04 Å². The molecule has 4 nitrogen and oxygen atoms in total. The molecule has 1 saturated heterocycles. The quantitative estimate of drug-likeness (QED) is 0.674. The van der Waals surface area contributed by atoms with E-state index in [0.717, 1.165) is 5.56 Å². The van der Waals surface area contributed by atoms with Gasteiger partial charge in [0, 0.05) is 6.42 Å². The van der Waals surface area contributed by atoms with Crippen molar-refractivity contribution in [3.63, 3.8) is 0 Å². The van der Waals surface area contributed by atoms with Crippen LogP contribution in [-0.4, -0.2) is 34.5 Å². The highest BCUT2D eigenvalue weighted by Gasteiger charge is 2.27. The van der Waals surface area contributed by atoms with Crippen molar-refractivity contribution in [3.8, 4) is 0 Å². The zero-order chi connectivity index (χ0) is 13.7. The van der Waals surface area contributed by atoms with Crippen LogP contribution >= 0.6 is 24.0 Å². The Morgan fingerprint density at radius 1 is 1.42 bits per heavy atom. The van der Waals surface area contributed by atoms with Crippen LogP contribution in [0.2, 0.25) is 0 Å². The summed E-state index contributed by atoms with van der Waals surface area (Å²) in [7, 11) is 0. The Labute approximate surface area is 120 Å². The van der Waals surface area contributed by atoms with Crippen LogP contribution in [0.25, 0.3) is 0 Å². The fourth-order valence-corrected chi connectivity index (χ4v) is 2.61. The third-order valence-corrected chi connectivity index (χ3v) is 4.11. The summed E-state index contributed by atoms with van der Waals surface area (Å²) < 4.78 is 5.45. The first-order valence-corrected chi connectivity index (χ1v) is 7.24. The molecule has 0 spiro atoms. The molecular weight excluding hydrogens is 282 g/mol. The molecule has 6 heteroatoms. The van der Waals surface area contributed by atoms with Crippen LogP contribution in [0.15, 0.2) is 30.3 Å². The van der Waals surface area contributed by atoms with Crippen LogP contribution in [0.3, 0.4) is 0 Å². The Kier molecular flexibility index (Phi) is 4.93. The fourth-order valence-electron chi connectivity index (χ4n) is 1.65. The van der Waals surface area contributed by atoms with Gasteiger partial charge in [-0.05, 0) is 5.56 Å². The molecule has 1 aromatic carbocycles. The molecule has 100 valence electrons. The van der Waals surface area contributed by atoms with Gasteiger partial charge in [0.15, 0.2) is 0 Å². The Morgan fingerprint density at radius 2 is 2.16 bits per heavy atom. The summed E-state index contributed by atoms with van der Waals surface area (Å²) >= 11 is 6.53. The number of amides is 1. The third kappa shape index (κ3) is 4.04. The van der Waals surface area contributed by atoms with Gasteiger partial charge in [0.1, 0.15) is 6.04 Å². The highest BCUT2D eigenvalue weighted by atomic mass is 32.2. The molecule has 1 N–H and O–H groups in total. The number of nitrogens with one attached hydrogen (secondary N) is 1. The number of ether oxygens (including phenoxy) is 1. The van der Waals surface area contributed by atoms with Gasteiger partial charge in [-0.1, -0.05) is 42.5 Å². The molecule has 0 radical (unpaired) electrons. The predicted octanol–water partition coefficient (Wildman–Crippen LogP) is 1.53. The van der Waals surface area contributed by atoms with Crippen molar-refractivity contribution in [2.24, 2.45) is 0 Å². The number of hydrogen-bond donors (Lipinski definition) is 1. The molecule has 1 heterocycles. The van der Waals surface area contributed by atoms with E-state index in [1.165, 1.54) is 11.8 Å². The summed E-state index contributed by atoms with van der Waals surface area (Å²) in [6.45, 7) is 0.374. The first-order valence-electron chi connectivity index (χ1n) is 5.85. The topological polar surface area (TPSA) is 55.4 Å². The SMILES string of the molecule is O=C(CSC(=S)c1ccccc1)N[C@H]1CCOC1=O. The van der Waals surface area contributed by atoms with E-state index in [1.807, 2.05) is 30.3 Å². The Morgan fingerprint density at radius 3 is 2.79 bits per heavy atom. The normalized spacial score (nSPS) is 17.9. The van der Waals surface area contributed by atoms with Gasteiger partial charge >= 0.3 is 5.97 Å². The maximum absolute atomic E-state index is 11.7. The predicted molar refractivity (Wildman–Crippen MR) is 78.1 cm³/mol. The first kappa shape index (κ1) is 14.0. The fraction of sp³-hybridized carbons (Fsp3) is 0.308. The van der Waals surface area contributed by atoms with Crippen LogP contribution in [0.4, 0.5) is 0 Å². The lowest BCUT2D eigenvalue weighted by Crippen LogP contribution is -2.39. The van der Waals surface area contributed by atoms with Gasteiger partial charge in [0.05, 0.1) is 16.6 Å². The minimum absolute atomic E-state index is 0.202. The van der Waals surface area contributed by atoms with Gasteiger partial charge in [-0.2, -0.15) is 0 Å². The minimum Gasteiger partial charge on any atom is -0.464 e. The molecule has 1 aromatic rings.